The second-order valence-corrected chi connectivity index (χ2v) is 6.79. The molecule has 0 amide bonds. The van der Waals surface area contributed by atoms with Crippen LogP contribution in [-0.2, 0) is 14.8 Å². The van der Waals surface area contributed by atoms with Crippen LogP contribution in [-0.4, -0.2) is 35.2 Å². The van der Waals surface area contributed by atoms with E-state index in [-0.39, 0.29) is 10.9 Å². The molecule has 0 saturated heterocycles. The molecule has 0 aromatic heterocycles. The first kappa shape index (κ1) is 16.7. The van der Waals surface area contributed by atoms with Gasteiger partial charge in [0.25, 0.3) is 0 Å². The summed E-state index contributed by atoms with van der Waals surface area (Å²) >= 11 is 0. The van der Waals surface area contributed by atoms with Gasteiger partial charge in [0.1, 0.15) is 0 Å². The smallest absolute Gasteiger partial charge is 0.240 e. The molecule has 7 heteroatoms. The Bertz CT molecular complexity index is 544. The number of nitrogens with two attached hydrogens (primary N) is 1. The third kappa shape index (κ3) is 4.09. The Morgan fingerprint density at radius 1 is 1.35 bits per heavy atom. The summed E-state index contributed by atoms with van der Waals surface area (Å²) < 4.78 is 30.8. The van der Waals surface area contributed by atoms with Crippen LogP contribution in [0, 0.1) is 5.92 Å². The average molecular weight is 301 g/mol. The zero-order chi connectivity index (χ0) is 15.3. The number of anilines is 2. The minimum Gasteiger partial charge on any atom is -0.397 e. The first-order valence-electron chi connectivity index (χ1n) is 6.40. The minimum absolute atomic E-state index is 0.106. The van der Waals surface area contributed by atoms with E-state index in [1.165, 1.54) is 19.2 Å². The summed E-state index contributed by atoms with van der Waals surface area (Å²) in [7, 11) is -0.467. The molecule has 1 atom stereocenters. The zero-order valence-corrected chi connectivity index (χ0v) is 13.1. The quantitative estimate of drug-likeness (QED) is 0.659. The topological polar surface area (TPSA) is 93.5 Å². The number of benzene rings is 1. The van der Waals surface area contributed by atoms with Crippen LogP contribution < -0.4 is 15.8 Å². The molecule has 114 valence electrons. The minimum atomic E-state index is -3.47. The molecule has 1 rings (SSSR count). The van der Waals surface area contributed by atoms with Gasteiger partial charge >= 0.3 is 0 Å². The number of methoxy groups -OCH3 is 1. The summed E-state index contributed by atoms with van der Waals surface area (Å²) in [4.78, 5) is 0.149. The molecule has 0 fully saturated rings. The van der Waals surface area contributed by atoms with Crippen LogP contribution in [0.4, 0.5) is 11.4 Å². The summed E-state index contributed by atoms with van der Waals surface area (Å²) in [5.41, 5.74) is 7.02. The van der Waals surface area contributed by atoms with E-state index < -0.39 is 10.0 Å². The zero-order valence-electron chi connectivity index (χ0n) is 12.3. The van der Waals surface area contributed by atoms with Crippen molar-refractivity contribution in [3.8, 4) is 0 Å². The van der Waals surface area contributed by atoms with Crippen molar-refractivity contribution < 1.29 is 13.2 Å². The molecule has 0 aliphatic rings. The number of nitrogens with one attached hydrogen (secondary N) is 2. The van der Waals surface area contributed by atoms with E-state index in [1.54, 1.807) is 13.2 Å². The van der Waals surface area contributed by atoms with Crippen molar-refractivity contribution in [2.75, 3.05) is 31.8 Å². The van der Waals surface area contributed by atoms with Crippen LogP contribution in [0.1, 0.15) is 13.8 Å². The highest BCUT2D eigenvalue weighted by atomic mass is 32.2. The van der Waals surface area contributed by atoms with Gasteiger partial charge < -0.3 is 15.8 Å². The van der Waals surface area contributed by atoms with Crippen molar-refractivity contribution >= 4 is 21.4 Å². The molecular weight excluding hydrogens is 278 g/mol. The lowest BCUT2D eigenvalue weighted by atomic mass is 10.0. The summed E-state index contributed by atoms with van der Waals surface area (Å²) in [5, 5.41) is 3.28. The molecule has 0 bridgehead atoms. The summed E-state index contributed by atoms with van der Waals surface area (Å²) in [6.07, 6.45) is 0. The summed E-state index contributed by atoms with van der Waals surface area (Å²) in [5.74, 6) is 0.357. The van der Waals surface area contributed by atoms with E-state index in [9.17, 15) is 8.42 Å². The average Bonchev–Trinajstić information content (AvgIpc) is 2.39. The van der Waals surface area contributed by atoms with Crippen molar-refractivity contribution in [1.82, 2.24) is 4.72 Å². The van der Waals surface area contributed by atoms with Crippen molar-refractivity contribution in [3.05, 3.63) is 18.2 Å². The lowest BCUT2D eigenvalue weighted by molar-refractivity contribution is 0.171. The summed E-state index contributed by atoms with van der Waals surface area (Å²) in [6, 6.07) is 4.74. The van der Waals surface area contributed by atoms with Crippen LogP contribution >= 0.6 is 0 Å². The van der Waals surface area contributed by atoms with Gasteiger partial charge in [-0.3, -0.25) is 0 Å². The Kier molecular flexibility index (Phi) is 5.79. The lowest BCUT2D eigenvalue weighted by Gasteiger charge is -2.23. The van der Waals surface area contributed by atoms with Gasteiger partial charge in [-0.25, -0.2) is 13.1 Å². The number of sulfonamides is 1. The molecule has 4 N–H and O–H groups in total. The Balaban J connectivity index is 2.99. The van der Waals surface area contributed by atoms with Gasteiger partial charge in [0.15, 0.2) is 0 Å². The van der Waals surface area contributed by atoms with Crippen molar-refractivity contribution in [2.45, 2.75) is 24.8 Å². The Morgan fingerprint density at radius 2 is 2.00 bits per heavy atom. The normalized spacial score (nSPS) is 13.4. The molecule has 0 aliphatic carbocycles. The monoisotopic (exact) mass is 301 g/mol. The van der Waals surface area contributed by atoms with Gasteiger partial charge in [-0.1, -0.05) is 13.8 Å². The fraction of sp³-hybridized carbons (Fsp3) is 0.538. The predicted octanol–water partition coefficient (Wildman–Crippen LogP) is 1.26. The Morgan fingerprint density at radius 3 is 2.45 bits per heavy atom. The van der Waals surface area contributed by atoms with E-state index in [0.717, 1.165) is 0 Å². The third-order valence-electron chi connectivity index (χ3n) is 3.09. The van der Waals surface area contributed by atoms with Gasteiger partial charge in [0.2, 0.25) is 10.0 Å². The van der Waals surface area contributed by atoms with Gasteiger partial charge in [0, 0.05) is 7.11 Å². The maximum Gasteiger partial charge on any atom is 0.240 e. The SMILES string of the molecule is CNS(=O)(=O)c1ccc(NC(COC)C(C)C)c(N)c1. The van der Waals surface area contributed by atoms with Crippen LogP contribution in [0.5, 0.6) is 0 Å². The molecule has 1 aromatic carbocycles. The number of rotatable bonds is 7. The maximum absolute atomic E-state index is 11.7. The van der Waals surface area contributed by atoms with Gasteiger partial charge in [-0.05, 0) is 31.2 Å². The molecule has 6 nitrogen and oxygen atoms in total. The van der Waals surface area contributed by atoms with Crippen molar-refractivity contribution in [2.24, 2.45) is 5.92 Å². The number of hydrogen-bond donors (Lipinski definition) is 3. The highest BCUT2D eigenvalue weighted by molar-refractivity contribution is 7.89. The van der Waals surface area contributed by atoms with E-state index >= 15 is 0 Å². The highest BCUT2D eigenvalue weighted by Gasteiger charge is 2.16. The molecule has 0 radical (unpaired) electrons. The Hall–Kier alpha value is -1.31. The maximum atomic E-state index is 11.7. The van der Waals surface area contributed by atoms with E-state index in [0.29, 0.717) is 23.9 Å². The van der Waals surface area contributed by atoms with Crippen LogP contribution in [0.2, 0.25) is 0 Å². The molecule has 0 saturated carbocycles. The first-order chi connectivity index (χ1) is 9.31. The standard InChI is InChI=1S/C13H23N3O3S/c1-9(2)13(8-19-4)16-12-6-5-10(7-11(12)14)20(17,18)15-3/h5-7,9,13,15-16H,8,14H2,1-4H3. The fourth-order valence-corrected chi connectivity index (χ4v) is 2.50. The summed E-state index contributed by atoms with van der Waals surface area (Å²) in [6.45, 7) is 4.70. The number of nitrogen functional groups attached to an aromatic ring is 1. The van der Waals surface area contributed by atoms with Crippen LogP contribution in [0.15, 0.2) is 23.1 Å². The second kappa shape index (κ2) is 6.92. The van der Waals surface area contributed by atoms with Gasteiger partial charge in [0.05, 0.1) is 28.9 Å². The van der Waals surface area contributed by atoms with Crippen molar-refractivity contribution in [1.29, 1.82) is 0 Å². The molecule has 0 spiro atoms. The van der Waals surface area contributed by atoms with E-state index in [2.05, 4.69) is 23.9 Å². The Labute approximate surface area is 120 Å². The molecule has 0 heterocycles. The van der Waals surface area contributed by atoms with E-state index in [4.69, 9.17) is 10.5 Å². The largest absolute Gasteiger partial charge is 0.397 e. The molecule has 1 unspecified atom stereocenters. The molecule has 1 aromatic rings. The second-order valence-electron chi connectivity index (χ2n) is 4.91. The fourth-order valence-electron chi connectivity index (χ4n) is 1.74. The first-order valence-corrected chi connectivity index (χ1v) is 7.88. The lowest BCUT2D eigenvalue weighted by Crippen LogP contribution is -2.30. The number of hydrogen-bond acceptors (Lipinski definition) is 5. The molecule has 20 heavy (non-hydrogen) atoms. The van der Waals surface area contributed by atoms with Gasteiger partial charge in [-0.15, -0.1) is 0 Å². The van der Waals surface area contributed by atoms with Crippen molar-refractivity contribution in [3.63, 3.8) is 0 Å². The predicted molar refractivity (Wildman–Crippen MR) is 81.2 cm³/mol. The molecule has 0 aliphatic heterocycles. The van der Waals surface area contributed by atoms with Crippen LogP contribution in [0.25, 0.3) is 0 Å². The highest BCUT2D eigenvalue weighted by Crippen LogP contribution is 2.24. The molecular formula is C13H23N3O3S. The third-order valence-corrected chi connectivity index (χ3v) is 4.51. The van der Waals surface area contributed by atoms with E-state index in [1.807, 2.05) is 0 Å². The number of ether oxygens (including phenoxy) is 1. The van der Waals surface area contributed by atoms with Crippen LogP contribution in [0.3, 0.4) is 0 Å². The van der Waals surface area contributed by atoms with Gasteiger partial charge in [-0.2, -0.15) is 0 Å².